The Labute approximate surface area is 83.5 Å². The van der Waals surface area contributed by atoms with E-state index in [1.165, 1.54) is 5.56 Å². The largest absolute Gasteiger partial charge is 0.394 e. The lowest BCUT2D eigenvalue weighted by molar-refractivity contribution is 0.381. The molecule has 1 aromatic rings. The van der Waals surface area contributed by atoms with Gasteiger partial charge in [-0.05, 0) is 12.5 Å². The van der Waals surface area contributed by atoms with Gasteiger partial charge in [0.05, 0.1) is 0 Å². The highest BCUT2D eigenvalue weighted by atomic mass is 32.3. The summed E-state index contributed by atoms with van der Waals surface area (Å²) >= 11 is 0. The lowest BCUT2D eigenvalue weighted by Gasteiger charge is -1.94. The molecule has 0 spiro atoms. The van der Waals surface area contributed by atoms with Gasteiger partial charge in [0.15, 0.2) is 0 Å². The van der Waals surface area contributed by atoms with E-state index >= 15 is 0 Å². The number of allylic oxidation sites excluding steroid dienone is 1. The van der Waals surface area contributed by atoms with Crippen molar-refractivity contribution in [3.63, 3.8) is 0 Å². The first-order valence-electron chi connectivity index (χ1n) is 3.71. The van der Waals surface area contributed by atoms with Crippen molar-refractivity contribution in [2.75, 3.05) is 0 Å². The standard InChI is InChI=1S/C9H10.H2O4S/c1-8(2)9-6-4-3-5-7-9;1-5(2,3)4/h3-7H,1H2,2H3;(H2,1,2,3,4). The summed E-state index contributed by atoms with van der Waals surface area (Å²) in [5, 5.41) is 0. The van der Waals surface area contributed by atoms with Gasteiger partial charge < -0.3 is 0 Å². The van der Waals surface area contributed by atoms with Gasteiger partial charge in [0.25, 0.3) is 0 Å². The van der Waals surface area contributed by atoms with E-state index in [2.05, 4.69) is 18.7 Å². The maximum Gasteiger partial charge on any atom is 0.394 e. The van der Waals surface area contributed by atoms with Gasteiger partial charge in [-0.25, -0.2) is 0 Å². The maximum absolute atomic E-state index is 8.74. The third-order valence-corrected chi connectivity index (χ3v) is 1.27. The minimum Gasteiger partial charge on any atom is -0.264 e. The zero-order chi connectivity index (χ0) is 11.2. The van der Waals surface area contributed by atoms with E-state index in [1.54, 1.807) is 0 Å². The summed E-state index contributed by atoms with van der Waals surface area (Å²) in [6.45, 7) is 5.83. The molecular weight excluding hydrogens is 204 g/mol. The molecule has 0 saturated heterocycles. The van der Waals surface area contributed by atoms with Crippen molar-refractivity contribution in [2.45, 2.75) is 6.92 Å². The molecule has 0 radical (unpaired) electrons. The highest BCUT2D eigenvalue weighted by Crippen LogP contribution is 2.08. The molecule has 0 atom stereocenters. The van der Waals surface area contributed by atoms with E-state index in [9.17, 15) is 0 Å². The Morgan fingerprint density at radius 3 is 1.79 bits per heavy atom. The Morgan fingerprint density at radius 1 is 1.21 bits per heavy atom. The second-order valence-corrected chi connectivity index (χ2v) is 3.49. The highest BCUT2D eigenvalue weighted by Gasteiger charge is 1.86. The van der Waals surface area contributed by atoms with Crippen molar-refractivity contribution in [2.24, 2.45) is 0 Å². The highest BCUT2D eigenvalue weighted by molar-refractivity contribution is 7.79. The summed E-state index contributed by atoms with van der Waals surface area (Å²) in [6, 6.07) is 10.2. The molecule has 78 valence electrons. The molecule has 14 heavy (non-hydrogen) atoms. The van der Waals surface area contributed by atoms with Gasteiger partial charge in [-0.15, -0.1) is 0 Å². The molecular formula is C9H12O4S. The van der Waals surface area contributed by atoms with Crippen LogP contribution >= 0.6 is 0 Å². The Kier molecular flexibility index (Phi) is 5.07. The van der Waals surface area contributed by atoms with Crippen molar-refractivity contribution in [1.29, 1.82) is 0 Å². The van der Waals surface area contributed by atoms with Crippen molar-refractivity contribution in [1.82, 2.24) is 0 Å². The zero-order valence-corrected chi connectivity index (χ0v) is 8.53. The summed E-state index contributed by atoms with van der Waals surface area (Å²) in [6.07, 6.45) is 0. The van der Waals surface area contributed by atoms with Crippen LogP contribution in [0.15, 0.2) is 36.9 Å². The fourth-order valence-corrected chi connectivity index (χ4v) is 0.723. The first-order valence-corrected chi connectivity index (χ1v) is 5.11. The van der Waals surface area contributed by atoms with E-state index < -0.39 is 10.4 Å². The number of hydrogen-bond donors (Lipinski definition) is 2. The summed E-state index contributed by atoms with van der Waals surface area (Å²) in [5.41, 5.74) is 2.34. The molecule has 4 nitrogen and oxygen atoms in total. The summed E-state index contributed by atoms with van der Waals surface area (Å²) in [5.74, 6) is 0. The van der Waals surface area contributed by atoms with Crippen molar-refractivity contribution in [3.05, 3.63) is 42.5 Å². The Morgan fingerprint density at radius 2 is 1.57 bits per heavy atom. The SMILES string of the molecule is C=C(C)c1ccccc1.O=S(=O)(O)O. The van der Waals surface area contributed by atoms with Crippen LogP contribution < -0.4 is 0 Å². The molecule has 0 aliphatic rings. The predicted octanol–water partition coefficient (Wildman–Crippen LogP) is 2.07. The van der Waals surface area contributed by atoms with Crippen LogP contribution in [0.5, 0.6) is 0 Å². The van der Waals surface area contributed by atoms with Crippen LogP contribution in [0.3, 0.4) is 0 Å². The Hall–Kier alpha value is -1.17. The van der Waals surface area contributed by atoms with E-state index in [1.807, 2.05) is 25.1 Å². The zero-order valence-electron chi connectivity index (χ0n) is 7.71. The van der Waals surface area contributed by atoms with Gasteiger partial charge in [0.1, 0.15) is 0 Å². The van der Waals surface area contributed by atoms with Crippen LogP contribution in [0.4, 0.5) is 0 Å². The topological polar surface area (TPSA) is 74.6 Å². The smallest absolute Gasteiger partial charge is 0.264 e. The molecule has 0 saturated carbocycles. The lowest BCUT2D eigenvalue weighted by Crippen LogP contribution is -1.89. The molecule has 0 bridgehead atoms. The number of hydrogen-bond acceptors (Lipinski definition) is 2. The van der Waals surface area contributed by atoms with Crippen LogP contribution in [0, 0.1) is 0 Å². The predicted molar refractivity (Wildman–Crippen MR) is 55.3 cm³/mol. The Balaban J connectivity index is 0.000000292. The number of benzene rings is 1. The summed E-state index contributed by atoms with van der Waals surface area (Å²) in [4.78, 5) is 0. The van der Waals surface area contributed by atoms with E-state index in [4.69, 9.17) is 17.5 Å². The van der Waals surface area contributed by atoms with Gasteiger partial charge in [-0.2, -0.15) is 8.42 Å². The van der Waals surface area contributed by atoms with Gasteiger partial charge in [0, 0.05) is 0 Å². The second-order valence-electron chi connectivity index (χ2n) is 2.59. The molecule has 1 rings (SSSR count). The molecule has 1 aromatic carbocycles. The van der Waals surface area contributed by atoms with Crippen molar-refractivity contribution >= 4 is 16.0 Å². The minimum absolute atomic E-state index is 1.12. The van der Waals surface area contributed by atoms with Crippen LogP contribution in [0.25, 0.3) is 5.57 Å². The van der Waals surface area contributed by atoms with Gasteiger partial charge in [-0.3, -0.25) is 9.11 Å². The normalized spacial score (nSPS) is 9.93. The molecule has 0 amide bonds. The molecule has 0 fully saturated rings. The quantitative estimate of drug-likeness (QED) is 0.705. The first kappa shape index (κ1) is 12.8. The minimum atomic E-state index is -4.67. The fraction of sp³-hybridized carbons (Fsp3) is 0.111. The van der Waals surface area contributed by atoms with E-state index in [-0.39, 0.29) is 0 Å². The van der Waals surface area contributed by atoms with E-state index in [0.717, 1.165) is 5.57 Å². The van der Waals surface area contributed by atoms with Crippen LogP contribution in [0.2, 0.25) is 0 Å². The molecule has 0 unspecified atom stereocenters. The van der Waals surface area contributed by atoms with E-state index in [0.29, 0.717) is 0 Å². The van der Waals surface area contributed by atoms with Crippen LogP contribution in [-0.4, -0.2) is 17.5 Å². The first-order chi connectivity index (χ1) is 6.30. The van der Waals surface area contributed by atoms with Crippen LogP contribution in [-0.2, 0) is 10.4 Å². The molecule has 2 N–H and O–H groups in total. The van der Waals surface area contributed by atoms with Gasteiger partial charge in [0.2, 0.25) is 0 Å². The molecule has 5 heteroatoms. The van der Waals surface area contributed by atoms with Crippen molar-refractivity contribution < 1.29 is 17.5 Å². The Bertz CT molecular complexity index is 373. The summed E-state index contributed by atoms with van der Waals surface area (Å²) < 4.78 is 31.6. The monoisotopic (exact) mass is 216 g/mol. The molecule has 0 aromatic heterocycles. The summed E-state index contributed by atoms with van der Waals surface area (Å²) in [7, 11) is -4.67. The van der Waals surface area contributed by atoms with Crippen molar-refractivity contribution in [3.8, 4) is 0 Å². The van der Waals surface area contributed by atoms with Gasteiger partial charge >= 0.3 is 10.4 Å². The average Bonchev–Trinajstić information content (AvgIpc) is 2.03. The fourth-order valence-electron chi connectivity index (χ4n) is 0.723. The molecule has 0 aliphatic carbocycles. The average molecular weight is 216 g/mol. The van der Waals surface area contributed by atoms with Gasteiger partial charge in [-0.1, -0.05) is 42.5 Å². The maximum atomic E-state index is 8.74. The third kappa shape index (κ3) is 8.92. The molecule has 0 heterocycles. The van der Waals surface area contributed by atoms with Crippen LogP contribution in [0.1, 0.15) is 12.5 Å². The molecule has 0 aliphatic heterocycles. The lowest BCUT2D eigenvalue weighted by atomic mass is 10.1. The number of rotatable bonds is 1. The third-order valence-electron chi connectivity index (χ3n) is 1.27. The second kappa shape index (κ2) is 5.54.